The summed E-state index contributed by atoms with van der Waals surface area (Å²) in [5.74, 6) is -0.220. The van der Waals surface area contributed by atoms with E-state index in [9.17, 15) is 9.59 Å². The summed E-state index contributed by atoms with van der Waals surface area (Å²) in [5.41, 5.74) is 0.297. The highest BCUT2D eigenvalue weighted by Gasteiger charge is 2.07. The summed E-state index contributed by atoms with van der Waals surface area (Å²) < 4.78 is 1.27. The molecule has 0 aliphatic carbocycles. The molecule has 0 saturated carbocycles. The first-order valence-corrected chi connectivity index (χ1v) is 5.91. The Morgan fingerprint density at radius 3 is 3.00 bits per heavy atom. The number of halogens is 1. The standard InChI is InChI=1S/C12H12ClN3O2/c1-2-14-11(17)6-16-7-15-10-4-3-8(13)5-9(10)12(16)18/h3-5,7H,2,6H2,1H3,(H,14,17). The van der Waals surface area contributed by atoms with Crippen molar-refractivity contribution in [2.75, 3.05) is 6.54 Å². The van der Waals surface area contributed by atoms with Crippen LogP contribution in [0.5, 0.6) is 0 Å². The minimum atomic E-state index is -0.270. The van der Waals surface area contributed by atoms with Crippen LogP contribution in [0.4, 0.5) is 0 Å². The van der Waals surface area contributed by atoms with Gasteiger partial charge in [0, 0.05) is 11.6 Å². The smallest absolute Gasteiger partial charge is 0.261 e. The number of rotatable bonds is 3. The zero-order chi connectivity index (χ0) is 13.1. The molecule has 0 bridgehead atoms. The molecule has 1 N–H and O–H groups in total. The van der Waals surface area contributed by atoms with Gasteiger partial charge in [0.1, 0.15) is 6.54 Å². The molecule has 0 radical (unpaired) electrons. The van der Waals surface area contributed by atoms with Gasteiger partial charge in [-0.2, -0.15) is 0 Å². The normalized spacial score (nSPS) is 10.6. The molecule has 0 fully saturated rings. The number of amides is 1. The lowest BCUT2D eigenvalue weighted by atomic mass is 10.2. The molecule has 1 aromatic heterocycles. The first kappa shape index (κ1) is 12.6. The Bertz CT molecular complexity index is 651. The number of benzene rings is 1. The van der Waals surface area contributed by atoms with Crippen LogP contribution in [0, 0.1) is 0 Å². The van der Waals surface area contributed by atoms with Crippen LogP contribution in [-0.2, 0) is 11.3 Å². The molecule has 2 aromatic rings. The van der Waals surface area contributed by atoms with E-state index in [0.717, 1.165) is 0 Å². The number of nitrogens with one attached hydrogen (secondary N) is 1. The first-order valence-electron chi connectivity index (χ1n) is 5.53. The van der Waals surface area contributed by atoms with E-state index in [4.69, 9.17) is 11.6 Å². The van der Waals surface area contributed by atoms with Crippen molar-refractivity contribution in [3.63, 3.8) is 0 Å². The predicted octanol–water partition coefficient (Wildman–Crippen LogP) is 1.19. The van der Waals surface area contributed by atoms with Gasteiger partial charge in [-0.05, 0) is 25.1 Å². The van der Waals surface area contributed by atoms with Crippen molar-refractivity contribution in [2.45, 2.75) is 13.5 Å². The van der Waals surface area contributed by atoms with Gasteiger partial charge in [-0.1, -0.05) is 11.6 Å². The maximum Gasteiger partial charge on any atom is 0.261 e. The van der Waals surface area contributed by atoms with Crippen LogP contribution in [0.3, 0.4) is 0 Å². The van der Waals surface area contributed by atoms with Gasteiger partial charge in [0.2, 0.25) is 5.91 Å². The van der Waals surface area contributed by atoms with E-state index in [0.29, 0.717) is 22.5 Å². The fraction of sp³-hybridized carbons (Fsp3) is 0.250. The average Bonchev–Trinajstić information content (AvgIpc) is 2.34. The van der Waals surface area contributed by atoms with E-state index in [1.807, 2.05) is 6.92 Å². The lowest BCUT2D eigenvalue weighted by Crippen LogP contribution is -2.32. The summed E-state index contributed by atoms with van der Waals surface area (Å²) in [7, 11) is 0. The monoisotopic (exact) mass is 265 g/mol. The van der Waals surface area contributed by atoms with Crippen molar-refractivity contribution in [3.8, 4) is 0 Å². The second-order valence-electron chi connectivity index (χ2n) is 3.79. The maximum absolute atomic E-state index is 12.1. The summed E-state index contributed by atoms with van der Waals surface area (Å²) in [6, 6.07) is 4.90. The van der Waals surface area contributed by atoms with E-state index in [-0.39, 0.29) is 18.0 Å². The molecule has 0 spiro atoms. The maximum atomic E-state index is 12.1. The Kier molecular flexibility index (Phi) is 3.62. The molecule has 6 heteroatoms. The van der Waals surface area contributed by atoms with Crippen LogP contribution in [0.15, 0.2) is 29.3 Å². The van der Waals surface area contributed by atoms with Crippen molar-refractivity contribution in [1.29, 1.82) is 0 Å². The van der Waals surface area contributed by atoms with E-state index in [1.165, 1.54) is 10.9 Å². The number of carbonyl (C=O) groups is 1. The molecule has 2 rings (SSSR count). The minimum Gasteiger partial charge on any atom is -0.355 e. The number of carbonyl (C=O) groups excluding carboxylic acids is 1. The highest BCUT2D eigenvalue weighted by molar-refractivity contribution is 6.31. The third-order valence-corrected chi connectivity index (χ3v) is 2.71. The highest BCUT2D eigenvalue weighted by Crippen LogP contribution is 2.13. The van der Waals surface area contributed by atoms with Gasteiger partial charge < -0.3 is 5.32 Å². The van der Waals surface area contributed by atoms with Crippen molar-refractivity contribution < 1.29 is 4.79 Å². The third-order valence-electron chi connectivity index (χ3n) is 2.47. The van der Waals surface area contributed by atoms with Crippen LogP contribution in [-0.4, -0.2) is 22.0 Å². The van der Waals surface area contributed by atoms with Crippen LogP contribution in [0.25, 0.3) is 10.9 Å². The van der Waals surface area contributed by atoms with Gasteiger partial charge in [0.25, 0.3) is 5.56 Å². The van der Waals surface area contributed by atoms with Gasteiger partial charge in [0.15, 0.2) is 0 Å². The van der Waals surface area contributed by atoms with Gasteiger partial charge in [0.05, 0.1) is 17.2 Å². The highest BCUT2D eigenvalue weighted by atomic mass is 35.5. The van der Waals surface area contributed by atoms with Crippen molar-refractivity contribution in [2.24, 2.45) is 0 Å². The SMILES string of the molecule is CCNC(=O)Cn1cnc2ccc(Cl)cc2c1=O. The second kappa shape index (κ2) is 5.18. The van der Waals surface area contributed by atoms with E-state index >= 15 is 0 Å². The number of hydrogen-bond donors (Lipinski definition) is 1. The quantitative estimate of drug-likeness (QED) is 0.907. The number of aromatic nitrogens is 2. The lowest BCUT2D eigenvalue weighted by molar-refractivity contribution is -0.121. The number of nitrogens with zero attached hydrogens (tertiary/aromatic N) is 2. The zero-order valence-electron chi connectivity index (χ0n) is 9.81. The van der Waals surface area contributed by atoms with E-state index < -0.39 is 0 Å². The van der Waals surface area contributed by atoms with Gasteiger partial charge >= 0.3 is 0 Å². The Balaban J connectivity index is 2.44. The molecule has 94 valence electrons. The molecule has 5 nitrogen and oxygen atoms in total. The van der Waals surface area contributed by atoms with Crippen LogP contribution in [0.1, 0.15) is 6.92 Å². The summed E-state index contributed by atoms with van der Waals surface area (Å²) in [6.45, 7) is 2.31. The topological polar surface area (TPSA) is 64.0 Å². The second-order valence-corrected chi connectivity index (χ2v) is 4.23. The molecule has 1 aromatic carbocycles. The predicted molar refractivity (Wildman–Crippen MR) is 69.7 cm³/mol. The lowest BCUT2D eigenvalue weighted by Gasteiger charge is -2.06. The molecule has 0 atom stereocenters. The fourth-order valence-corrected chi connectivity index (χ4v) is 1.82. The summed E-state index contributed by atoms with van der Waals surface area (Å²) in [6.07, 6.45) is 1.37. The van der Waals surface area contributed by atoms with Gasteiger partial charge in [-0.25, -0.2) is 4.98 Å². The van der Waals surface area contributed by atoms with Crippen LogP contribution >= 0.6 is 11.6 Å². The summed E-state index contributed by atoms with van der Waals surface area (Å²) in [5, 5.41) is 3.51. The molecule has 1 heterocycles. The molecular weight excluding hydrogens is 254 g/mol. The van der Waals surface area contributed by atoms with Crippen LogP contribution in [0.2, 0.25) is 5.02 Å². The molecule has 0 unspecified atom stereocenters. The van der Waals surface area contributed by atoms with Crippen molar-refractivity contribution in [3.05, 3.63) is 39.9 Å². The Morgan fingerprint density at radius 1 is 1.50 bits per heavy atom. The summed E-state index contributed by atoms with van der Waals surface area (Å²) in [4.78, 5) is 27.7. The molecular formula is C12H12ClN3O2. The van der Waals surface area contributed by atoms with E-state index in [1.54, 1.807) is 18.2 Å². The minimum absolute atomic E-state index is 0.0396. The van der Waals surface area contributed by atoms with Crippen LogP contribution < -0.4 is 10.9 Å². The Morgan fingerprint density at radius 2 is 2.28 bits per heavy atom. The number of fused-ring (bicyclic) bond motifs is 1. The van der Waals surface area contributed by atoms with Crippen molar-refractivity contribution in [1.82, 2.24) is 14.9 Å². The molecule has 1 amide bonds. The Hall–Kier alpha value is -1.88. The average molecular weight is 266 g/mol. The van der Waals surface area contributed by atoms with E-state index in [2.05, 4.69) is 10.3 Å². The zero-order valence-corrected chi connectivity index (χ0v) is 10.6. The summed E-state index contributed by atoms with van der Waals surface area (Å²) >= 11 is 5.84. The first-order chi connectivity index (χ1) is 8.61. The molecule has 0 aliphatic heterocycles. The van der Waals surface area contributed by atoms with Crippen molar-refractivity contribution >= 4 is 28.4 Å². The van der Waals surface area contributed by atoms with Gasteiger partial charge in [-0.3, -0.25) is 14.2 Å². The molecule has 0 saturated heterocycles. The number of hydrogen-bond acceptors (Lipinski definition) is 3. The largest absolute Gasteiger partial charge is 0.355 e. The third kappa shape index (κ3) is 2.51. The fourth-order valence-electron chi connectivity index (χ4n) is 1.65. The molecule has 18 heavy (non-hydrogen) atoms. The number of likely N-dealkylation sites (N-methyl/N-ethyl adjacent to an activating group) is 1. The Labute approximate surface area is 108 Å². The molecule has 0 aliphatic rings. The van der Waals surface area contributed by atoms with Gasteiger partial charge in [-0.15, -0.1) is 0 Å².